The van der Waals surface area contributed by atoms with Gasteiger partial charge in [-0.2, -0.15) is 0 Å². The average Bonchev–Trinajstić information content (AvgIpc) is 3.72. The Hall–Kier alpha value is -3.86. The number of para-hydroxylation sites is 1. The molecule has 4 heterocycles. The standard InChI is InChI=1S/C34H40N4O6/c1-5-32-13-8-15-38-16-14-33(28(32)38)23-12-11-21(43-3)18-26(23)37(2)29(33)34(42,30(32)40)31(41)36-25(27(39)44-4)17-20-19-35-24-10-7-6-9-22(20)24/h6-13,18-19,25,28-30,35,40,42H,5,14-17H2,1-4H3,(H,36,41)/t25-,28-,29+,30+,32+,33+,34-/m0/s1. The number of nitrogens with zero attached hydrogens (tertiary/aromatic N) is 2. The molecule has 10 nitrogen and oxygen atoms in total. The molecule has 0 unspecified atom stereocenters. The van der Waals surface area contributed by atoms with Crippen molar-refractivity contribution in [2.24, 2.45) is 5.41 Å². The lowest BCUT2D eigenvalue weighted by molar-refractivity contribution is -0.204. The molecule has 1 saturated carbocycles. The number of anilines is 1. The van der Waals surface area contributed by atoms with Gasteiger partial charge in [0.05, 0.1) is 20.3 Å². The van der Waals surface area contributed by atoms with Crippen LogP contribution in [0.25, 0.3) is 10.9 Å². The van der Waals surface area contributed by atoms with Crippen molar-refractivity contribution < 1.29 is 29.3 Å². The molecule has 3 aromatic rings. The fourth-order valence-corrected chi connectivity index (χ4v) is 9.33. The lowest BCUT2D eigenvalue weighted by Gasteiger charge is -2.63. The monoisotopic (exact) mass is 600 g/mol. The molecule has 10 heteroatoms. The van der Waals surface area contributed by atoms with Gasteiger partial charge in [-0.25, -0.2) is 4.79 Å². The Morgan fingerprint density at radius 2 is 1.98 bits per heavy atom. The van der Waals surface area contributed by atoms with Crippen LogP contribution in [0, 0.1) is 5.41 Å². The first-order valence-electron chi connectivity index (χ1n) is 15.3. The van der Waals surface area contributed by atoms with Crippen LogP contribution in [0.3, 0.4) is 0 Å². The molecule has 0 bridgehead atoms. The summed E-state index contributed by atoms with van der Waals surface area (Å²) in [6, 6.07) is 11.6. The van der Waals surface area contributed by atoms with E-state index in [4.69, 9.17) is 9.47 Å². The number of hydrogen-bond donors (Lipinski definition) is 4. The van der Waals surface area contributed by atoms with E-state index in [-0.39, 0.29) is 12.5 Å². The smallest absolute Gasteiger partial charge is 0.328 e. The third-order valence-corrected chi connectivity index (χ3v) is 11.1. The lowest BCUT2D eigenvalue weighted by atomic mass is 9.47. The summed E-state index contributed by atoms with van der Waals surface area (Å²) in [7, 11) is 4.76. The number of benzene rings is 2. The summed E-state index contributed by atoms with van der Waals surface area (Å²) in [6.45, 7) is 3.51. The Bertz CT molecular complexity index is 1670. The molecule has 2 fully saturated rings. The van der Waals surface area contributed by atoms with Crippen LogP contribution in [-0.4, -0.2) is 96.2 Å². The quantitative estimate of drug-likeness (QED) is 0.240. The highest BCUT2D eigenvalue weighted by atomic mass is 16.5. The van der Waals surface area contributed by atoms with Gasteiger partial charge in [-0.1, -0.05) is 43.3 Å². The van der Waals surface area contributed by atoms with Crippen molar-refractivity contribution in [3.63, 3.8) is 0 Å². The molecule has 1 aliphatic carbocycles. The highest BCUT2D eigenvalue weighted by Gasteiger charge is 2.78. The molecule has 4 aliphatic rings. The Labute approximate surface area is 256 Å². The van der Waals surface area contributed by atoms with Gasteiger partial charge in [0.2, 0.25) is 0 Å². The Morgan fingerprint density at radius 1 is 1.18 bits per heavy atom. The van der Waals surface area contributed by atoms with Crippen LogP contribution in [0.1, 0.15) is 30.9 Å². The van der Waals surface area contributed by atoms with Crippen LogP contribution in [0.15, 0.2) is 60.8 Å². The van der Waals surface area contributed by atoms with E-state index < -0.39 is 46.5 Å². The van der Waals surface area contributed by atoms with E-state index in [0.29, 0.717) is 18.6 Å². The number of carbonyl (C=O) groups excluding carboxylic acids is 2. The maximum Gasteiger partial charge on any atom is 0.328 e. The SMILES string of the molecule is CC[C@]12C=CCN3CC[C@@]4(c5ccc(OC)cc5N(C)[C@H]4[C@@](O)(C(=O)N[C@@H](Cc4c[nH]c5ccccc45)C(=O)OC)[C@@H]1O)[C@@H]32. The van der Waals surface area contributed by atoms with E-state index in [1.807, 2.05) is 73.6 Å². The molecule has 1 amide bonds. The van der Waals surface area contributed by atoms with E-state index >= 15 is 0 Å². The summed E-state index contributed by atoms with van der Waals surface area (Å²) < 4.78 is 10.7. The first kappa shape index (κ1) is 28.9. The molecule has 232 valence electrons. The number of aliphatic hydroxyl groups is 2. The zero-order valence-corrected chi connectivity index (χ0v) is 25.5. The van der Waals surface area contributed by atoms with Gasteiger partial charge in [0.25, 0.3) is 5.91 Å². The van der Waals surface area contributed by atoms with E-state index in [1.54, 1.807) is 7.11 Å². The number of H-pyrrole nitrogens is 1. The summed E-state index contributed by atoms with van der Waals surface area (Å²) in [4.78, 5) is 35.4. The summed E-state index contributed by atoms with van der Waals surface area (Å²) in [5.74, 6) is -0.753. The van der Waals surface area contributed by atoms with E-state index in [2.05, 4.69) is 21.3 Å². The van der Waals surface area contributed by atoms with Gasteiger partial charge < -0.3 is 34.9 Å². The normalized spacial score (nSPS) is 32.6. The Balaban J connectivity index is 1.35. The molecule has 7 rings (SSSR count). The summed E-state index contributed by atoms with van der Waals surface area (Å²) in [6.07, 6.45) is 5.79. The van der Waals surface area contributed by atoms with Crippen LogP contribution in [0.2, 0.25) is 0 Å². The lowest BCUT2D eigenvalue weighted by Crippen LogP contribution is -2.82. The number of aromatic nitrogens is 1. The molecule has 1 saturated heterocycles. The molecule has 0 radical (unpaired) electrons. The molecule has 1 aromatic heterocycles. The second-order valence-electron chi connectivity index (χ2n) is 12.8. The average molecular weight is 601 g/mol. The maximum absolute atomic E-state index is 14.7. The molecule has 3 aliphatic heterocycles. The topological polar surface area (TPSA) is 127 Å². The maximum atomic E-state index is 14.7. The number of likely N-dealkylation sites (N-methyl/N-ethyl adjacent to an activating group) is 1. The summed E-state index contributed by atoms with van der Waals surface area (Å²) >= 11 is 0. The van der Waals surface area contributed by atoms with E-state index in [1.165, 1.54) is 7.11 Å². The minimum atomic E-state index is -2.28. The van der Waals surface area contributed by atoms with Crippen molar-refractivity contribution in [2.75, 3.05) is 39.3 Å². The second kappa shape index (κ2) is 10.1. The number of aromatic amines is 1. The van der Waals surface area contributed by atoms with Crippen LogP contribution in [0.5, 0.6) is 5.75 Å². The van der Waals surface area contributed by atoms with Gasteiger partial charge in [-0.3, -0.25) is 9.69 Å². The highest BCUT2D eigenvalue weighted by molar-refractivity contribution is 5.94. The van der Waals surface area contributed by atoms with Crippen LogP contribution >= 0.6 is 0 Å². The van der Waals surface area contributed by atoms with Gasteiger partial charge in [0, 0.05) is 65.7 Å². The third kappa shape index (κ3) is 3.59. The Morgan fingerprint density at radius 3 is 2.73 bits per heavy atom. The minimum absolute atomic E-state index is 0.141. The minimum Gasteiger partial charge on any atom is -0.497 e. The molecule has 7 atom stereocenters. The van der Waals surface area contributed by atoms with Gasteiger partial charge in [-0.05, 0) is 42.6 Å². The van der Waals surface area contributed by atoms with Crippen LogP contribution < -0.4 is 15.0 Å². The van der Waals surface area contributed by atoms with Gasteiger partial charge >= 0.3 is 5.97 Å². The summed E-state index contributed by atoms with van der Waals surface area (Å²) in [5, 5.41) is 29.1. The van der Waals surface area contributed by atoms with Crippen molar-refractivity contribution in [3.05, 3.63) is 71.9 Å². The molecular formula is C34H40N4O6. The second-order valence-corrected chi connectivity index (χ2v) is 12.8. The number of ether oxygens (including phenoxy) is 2. The number of amides is 1. The molecule has 44 heavy (non-hydrogen) atoms. The van der Waals surface area contributed by atoms with Crippen molar-refractivity contribution in [1.82, 2.24) is 15.2 Å². The fourth-order valence-electron chi connectivity index (χ4n) is 9.33. The first-order chi connectivity index (χ1) is 21.2. The van der Waals surface area contributed by atoms with Crippen LogP contribution in [-0.2, 0) is 26.2 Å². The summed E-state index contributed by atoms with van der Waals surface area (Å²) in [5.41, 5.74) is -0.220. The largest absolute Gasteiger partial charge is 0.497 e. The van der Waals surface area contributed by atoms with Crippen molar-refractivity contribution in [2.45, 2.75) is 61.4 Å². The van der Waals surface area contributed by atoms with Crippen molar-refractivity contribution >= 4 is 28.5 Å². The van der Waals surface area contributed by atoms with Gasteiger partial charge in [0.1, 0.15) is 17.9 Å². The predicted octanol–water partition coefficient (Wildman–Crippen LogP) is 2.28. The zero-order valence-electron chi connectivity index (χ0n) is 25.5. The number of methoxy groups -OCH3 is 2. The number of aliphatic hydroxyl groups excluding tert-OH is 1. The molecular weight excluding hydrogens is 560 g/mol. The van der Waals surface area contributed by atoms with Crippen LogP contribution in [0.4, 0.5) is 5.69 Å². The molecule has 2 aromatic carbocycles. The van der Waals surface area contributed by atoms with Crippen molar-refractivity contribution in [3.8, 4) is 5.75 Å². The van der Waals surface area contributed by atoms with Gasteiger partial charge in [-0.15, -0.1) is 0 Å². The number of esters is 1. The number of nitrogens with one attached hydrogen (secondary N) is 2. The number of hydrogen-bond acceptors (Lipinski definition) is 8. The molecule has 4 N–H and O–H groups in total. The number of carbonyl (C=O) groups is 2. The van der Waals surface area contributed by atoms with E-state index in [9.17, 15) is 19.8 Å². The molecule has 1 spiro atoms. The first-order valence-corrected chi connectivity index (χ1v) is 15.3. The number of rotatable bonds is 7. The van der Waals surface area contributed by atoms with E-state index in [0.717, 1.165) is 40.8 Å². The van der Waals surface area contributed by atoms with Crippen molar-refractivity contribution in [1.29, 1.82) is 0 Å². The predicted molar refractivity (Wildman–Crippen MR) is 166 cm³/mol. The fraction of sp³-hybridized carbons (Fsp3) is 0.471. The number of fused-ring (bicyclic) bond motifs is 2. The zero-order chi connectivity index (χ0) is 31.0. The highest BCUT2D eigenvalue weighted by Crippen LogP contribution is 2.66. The third-order valence-electron chi connectivity index (χ3n) is 11.1. The van der Waals surface area contributed by atoms with Gasteiger partial charge in [0.15, 0.2) is 5.60 Å². The Kier molecular flexibility index (Phi) is 6.62.